The van der Waals surface area contributed by atoms with Gasteiger partial charge in [-0.15, -0.1) is 0 Å². The molecule has 2 heteroatoms. The van der Waals surface area contributed by atoms with E-state index in [1.54, 1.807) is 0 Å². The second kappa shape index (κ2) is 4.69. The molecule has 0 fully saturated rings. The van der Waals surface area contributed by atoms with Gasteiger partial charge in [0.05, 0.1) is 6.17 Å². The van der Waals surface area contributed by atoms with E-state index in [0.29, 0.717) is 6.04 Å². The molecule has 0 rings (SSSR count). The zero-order valence-electron chi connectivity index (χ0n) is 7.59. The Hall–Kier alpha value is -0.0800. The lowest BCUT2D eigenvalue weighted by Crippen LogP contribution is -2.42. The first-order chi connectivity index (χ1) is 4.59. The van der Waals surface area contributed by atoms with Gasteiger partial charge in [-0.3, -0.25) is 4.90 Å². The Morgan fingerprint density at radius 2 is 1.90 bits per heavy atom. The van der Waals surface area contributed by atoms with E-state index in [9.17, 15) is 0 Å². The Balaban J connectivity index is 3.58. The molecule has 0 aliphatic heterocycles. The van der Waals surface area contributed by atoms with Gasteiger partial charge in [0.25, 0.3) is 0 Å². The standard InChI is InChI=1S/C8H20N2/c1-5-6-8(9)10(4)7(2)3/h7-8H,5-6,9H2,1-4H3/t8-/m1/s1. The lowest BCUT2D eigenvalue weighted by atomic mass is 10.2. The summed E-state index contributed by atoms with van der Waals surface area (Å²) in [7, 11) is 2.07. The van der Waals surface area contributed by atoms with Crippen molar-refractivity contribution in [3.05, 3.63) is 0 Å². The summed E-state index contributed by atoms with van der Waals surface area (Å²) in [5, 5.41) is 0. The maximum absolute atomic E-state index is 5.85. The van der Waals surface area contributed by atoms with Gasteiger partial charge in [-0.1, -0.05) is 13.3 Å². The van der Waals surface area contributed by atoms with Crippen molar-refractivity contribution in [2.24, 2.45) is 5.73 Å². The van der Waals surface area contributed by atoms with Crippen LogP contribution in [0.5, 0.6) is 0 Å². The van der Waals surface area contributed by atoms with E-state index in [4.69, 9.17) is 5.73 Å². The fourth-order valence-electron chi connectivity index (χ4n) is 0.882. The highest BCUT2D eigenvalue weighted by atomic mass is 15.2. The highest BCUT2D eigenvalue weighted by Crippen LogP contribution is 2.02. The SMILES string of the molecule is CCC[C@H](N)N(C)C(C)C. The number of hydrogen-bond acceptors (Lipinski definition) is 2. The van der Waals surface area contributed by atoms with Gasteiger partial charge < -0.3 is 5.73 Å². The lowest BCUT2D eigenvalue weighted by molar-refractivity contribution is 0.189. The Morgan fingerprint density at radius 1 is 1.40 bits per heavy atom. The Kier molecular flexibility index (Phi) is 4.65. The van der Waals surface area contributed by atoms with Crippen molar-refractivity contribution in [2.45, 2.75) is 45.8 Å². The van der Waals surface area contributed by atoms with Gasteiger partial charge in [-0.05, 0) is 27.3 Å². The van der Waals surface area contributed by atoms with E-state index in [1.807, 2.05) is 0 Å². The number of hydrogen-bond donors (Lipinski definition) is 1. The summed E-state index contributed by atoms with van der Waals surface area (Å²) in [6.45, 7) is 6.49. The van der Waals surface area contributed by atoms with Crippen LogP contribution < -0.4 is 5.73 Å². The molecule has 0 aromatic heterocycles. The van der Waals surface area contributed by atoms with Crippen LogP contribution in [-0.4, -0.2) is 24.2 Å². The van der Waals surface area contributed by atoms with Crippen molar-refractivity contribution in [3.63, 3.8) is 0 Å². The van der Waals surface area contributed by atoms with Crippen molar-refractivity contribution >= 4 is 0 Å². The Bertz CT molecular complexity index is 81.3. The smallest absolute Gasteiger partial charge is 0.0571 e. The zero-order chi connectivity index (χ0) is 8.15. The first-order valence-electron chi connectivity index (χ1n) is 4.07. The third kappa shape index (κ3) is 3.18. The Morgan fingerprint density at radius 3 is 2.20 bits per heavy atom. The fourth-order valence-corrected chi connectivity index (χ4v) is 0.882. The third-order valence-electron chi connectivity index (χ3n) is 1.92. The van der Waals surface area contributed by atoms with E-state index >= 15 is 0 Å². The van der Waals surface area contributed by atoms with Gasteiger partial charge in [-0.2, -0.15) is 0 Å². The molecule has 0 saturated heterocycles. The van der Waals surface area contributed by atoms with Crippen molar-refractivity contribution in [1.82, 2.24) is 4.90 Å². The normalized spacial score (nSPS) is 14.7. The van der Waals surface area contributed by atoms with Crippen LogP contribution in [0.4, 0.5) is 0 Å². The molecule has 0 saturated carbocycles. The molecule has 0 amide bonds. The van der Waals surface area contributed by atoms with Crippen LogP contribution in [0.2, 0.25) is 0 Å². The minimum Gasteiger partial charge on any atom is -0.316 e. The number of nitrogens with zero attached hydrogens (tertiary/aromatic N) is 1. The van der Waals surface area contributed by atoms with Crippen molar-refractivity contribution in [1.29, 1.82) is 0 Å². The molecule has 2 nitrogen and oxygen atoms in total. The molecule has 0 spiro atoms. The van der Waals surface area contributed by atoms with Gasteiger partial charge in [0.15, 0.2) is 0 Å². The molecule has 0 aromatic carbocycles. The van der Waals surface area contributed by atoms with E-state index in [1.165, 1.54) is 0 Å². The van der Waals surface area contributed by atoms with Gasteiger partial charge >= 0.3 is 0 Å². The maximum Gasteiger partial charge on any atom is 0.0571 e. The first-order valence-corrected chi connectivity index (χ1v) is 4.07. The molecule has 1 atom stereocenters. The van der Waals surface area contributed by atoms with E-state index in [0.717, 1.165) is 12.8 Å². The van der Waals surface area contributed by atoms with E-state index in [2.05, 4.69) is 32.7 Å². The number of nitrogens with two attached hydrogens (primary N) is 1. The van der Waals surface area contributed by atoms with Crippen LogP contribution in [0, 0.1) is 0 Å². The molecule has 0 radical (unpaired) electrons. The molecule has 0 heterocycles. The van der Waals surface area contributed by atoms with Crippen LogP contribution in [0.15, 0.2) is 0 Å². The third-order valence-corrected chi connectivity index (χ3v) is 1.92. The van der Waals surface area contributed by atoms with Crippen molar-refractivity contribution in [3.8, 4) is 0 Å². The van der Waals surface area contributed by atoms with Gasteiger partial charge in [0.2, 0.25) is 0 Å². The maximum atomic E-state index is 5.85. The minimum atomic E-state index is 0.241. The van der Waals surface area contributed by atoms with E-state index in [-0.39, 0.29) is 6.17 Å². The fraction of sp³-hybridized carbons (Fsp3) is 1.00. The van der Waals surface area contributed by atoms with Gasteiger partial charge in [-0.25, -0.2) is 0 Å². The van der Waals surface area contributed by atoms with Gasteiger partial charge in [0, 0.05) is 6.04 Å². The first kappa shape index (κ1) is 9.92. The summed E-state index contributed by atoms with van der Waals surface area (Å²) in [4.78, 5) is 2.20. The summed E-state index contributed by atoms with van der Waals surface area (Å²) >= 11 is 0. The van der Waals surface area contributed by atoms with Gasteiger partial charge in [0.1, 0.15) is 0 Å². The molecule has 10 heavy (non-hydrogen) atoms. The largest absolute Gasteiger partial charge is 0.316 e. The Labute approximate surface area is 64.4 Å². The quantitative estimate of drug-likeness (QED) is 0.604. The molecule has 0 unspecified atom stereocenters. The van der Waals surface area contributed by atoms with Crippen LogP contribution in [0.1, 0.15) is 33.6 Å². The molecule has 0 aliphatic carbocycles. The average molecular weight is 144 g/mol. The zero-order valence-corrected chi connectivity index (χ0v) is 7.59. The van der Waals surface area contributed by atoms with Crippen molar-refractivity contribution in [2.75, 3.05) is 7.05 Å². The van der Waals surface area contributed by atoms with Crippen LogP contribution in [0.3, 0.4) is 0 Å². The number of rotatable bonds is 4. The molecular formula is C8H20N2. The highest BCUT2D eigenvalue weighted by Gasteiger charge is 2.10. The minimum absolute atomic E-state index is 0.241. The predicted molar refractivity (Wildman–Crippen MR) is 45.8 cm³/mol. The second-order valence-electron chi connectivity index (χ2n) is 3.12. The molecule has 2 N–H and O–H groups in total. The summed E-state index contributed by atoms with van der Waals surface area (Å²) in [5.41, 5.74) is 5.85. The summed E-state index contributed by atoms with van der Waals surface area (Å²) in [6.07, 6.45) is 2.50. The van der Waals surface area contributed by atoms with Crippen molar-refractivity contribution < 1.29 is 0 Å². The molecule has 0 aliphatic rings. The molecule has 0 bridgehead atoms. The summed E-state index contributed by atoms with van der Waals surface area (Å²) in [5.74, 6) is 0. The van der Waals surface area contributed by atoms with Crippen LogP contribution in [-0.2, 0) is 0 Å². The summed E-state index contributed by atoms with van der Waals surface area (Å²) in [6, 6.07) is 0.557. The second-order valence-corrected chi connectivity index (χ2v) is 3.12. The van der Waals surface area contributed by atoms with Crippen LogP contribution in [0.25, 0.3) is 0 Å². The monoisotopic (exact) mass is 144 g/mol. The molecule has 0 aromatic rings. The lowest BCUT2D eigenvalue weighted by Gasteiger charge is -2.27. The molecule has 62 valence electrons. The summed E-state index contributed by atoms with van der Waals surface area (Å²) < 4.78 is 0. The molecular weight excluding hydrogens is 124 g/mol. The van der Waals surface area contributed by atoms with Crippen LogP contribution >= 0.6 is 0 Å². The highest BCUT2D eigenvalue weighted by molar-refractivity contribution is 4.64. The van der Waals surface area contributed by atoms with E-state index < -0.39 is 0 Å². The average Bonchev–Trinajstić information content (AvgIpc) is 1.87. The predicted octanol–water partition coefficient (Wildman–Crippen LogP) is 1.41. The topological polar surface area (TPSA) is 29.3 Å².